The lowest BCUT2D eigenvalue weighted by atomic mass is 10.3. The molecule has 0 aliphatic heterocycles. The largest absolute Gasteiger partial charge is 0.480 e. The van der Waals surface area contributed by atoms with Crippen molar-refractivity contribution in [1.82, 2.24) is 20.5 Å². The van der Waals surface area contributed by atoms with Gasteiger partial charge in [0.15, 0.2) is 0 Å². The summed E-state index contributed by atoms with van der Waals surface area (Å²) < 4.78 is 0. The van der Waals surface area contributed by atoms with Crippen LogP contribution in [0.15, 0.2) is 24.4 Å². The maximum absolute atomic E-state index is 11.9. The quantitative estimate of drug-likeness (QED) is 0.645. The number of nitrogens with one attached hydrogen (secondary N) is 2. The molecule has 0 aromatic carbocycles. The molecular weight excluding hydrogens is 276 g/mol. The van der Waals surface area contributed by atoms with E-state index in [0.717, 1.165) is 5.69 Å². The number of carbonyl (C=O) groups is 3. The molecule has 0 atom stereocenters. The van der Waals surface area contributed by atoms with Crippen LogP contribution in [0.25, 0.3) is 0 Å². The minimum atomic E-state index is -1.14. The van der Waals surface area contributed by atoms with E-state index in [1.807, 2.05) is 13.0 Å². The number of carbonyl (C=O) groups excluding carboxylic acids is 2. The second-order valence-corrected chi connectivity index (χ2v) is 4.16. The van der Waals surface area contributed by atoms with Crippen LogP contribution >= 0.6 is 0 Å². The van der Waals surface area contributed by atoms with Crippen LogP contribution in [0.4, 0.5) is 4.79 Å². The summed E-state index contributed by atoms with van der Waals surface area (Å²) in [5, 5.41) is 13.0. The highest BCUT2D eigenvalue weighted by Crippen LogP contribution is 2.00. The lowest BCUT2D eigenvalue weighted by Crippen LogP contribution is -2.44. The Balaban J connectivity index is 2.41. The van der Waals surface area contributed by atoms with Crippen molar-refractivity contribution in [1.29, 1.82) is 0 Å². The molecule has 1 heterocycles. The number of aliphatic carboxylic acids is 1. The first-order valence-electron chi connectivity index (χ1n) is 6.44. The first-order valence-corrected chi connectivity index (χ1v) is 6.44. The van der Waals surface area contributed by atoms with Crippen molar-refractivity contribution in [3.8, 4) is 0 Å². The van der Waals surface area contributed by atoms with Crippen LogP contribution in [0.5, 0.6) is 0 Å². The number of pyridine rings is 1. The van der Waals surface area contributed by atoms with E-state index in [1.54, 1.807) is 18.3 Å². The summed E-state index contributed by atoms with van der Waals surface area (Å²) in [6, 6.07) is 5.00. The molecule has 0 aliphatic rings. The van der Waals surface area contributed by atoms with Gasteiger partial charge in [0.1, 0.15) is 6.54 Å². The zero-order valence-electron chi connectivity index (χ0n) is 11.7. The molecule has 114 valence electrons. The van der Waals surface area contributed by atoms with Crippen molar-refractivity contribution in [2.75, 3.05) is 19.6 Å². The number of hydrogen-bond acceptors (Lipinski definition) is 4. The van der Waals surface area contributed by atoms with Crippen molar-refractivity contribution in [3.63, 3.8) is 0 Å². The Labute approximate surface area is 122 Å². The van der Waals surface area contributed by atoms with Crippen LogP contribution in [-0.4, -0.2) is 52.5 Å². The lowest BCUT2D eigenvalue weighted by Gasteiger charge is -2.20. The Morgan fingerprint density at radius 1 is 1.24 bits per heavy atom. The molecule has 0 radical (unpaired) electrons. The van der Waals surface area contributed by atoms with Gasteiger partial charge < -0.3 is 20.6 Å². The Hall–Kier alpha value is -2.64. The Kier molecular flexibility index (Phi) is 6.66. The molecule has 0 bridgehead atoms. The summed E-state index contributed by atoms with van der Waals surface area (Å²) in [4.78, 5) is 39.1. The van der Waals surface area contributed by atoms with E-state index in [0.29, 0.717) is 13.1 Å². The maximum atomic E-state index is 11.9. The second kappa shape index (κ2) is 8.51. The molecule has 8 heteroatoms. The fourth-order valence-electron chi connectivity index (χ4n) is 1.52. The summed E-state index contributed by atoms with van der Waals surface area (Å²) in [5.41, 5.74) is 0.741. The van der Waals surface area contributed by atoms with Gasteiger partial charge in [-0.15, -0.1) is 0 Å². The molecule has 21 heavy (non-hydrogen) atoms. The summed E-state index contributed by atoms with van der Waals surface area (Å²) in [6.45, 7) is 1.86. The number of amides is 3. The zero-order chi connectivity index (χ0) is 15.7. The van der Waals surface area contributed by atoms with E-state index in [1.165, 1.54) is 4.90 Å². The minimum absolute atomic E-state index is 0.273. The maximum Gasteiger partial charge on any atom is 0.322 e. The van der Waals surface area contributed by atoms with Crippen LogP contribution in [0, 0.1) is 0 Å². The molecule has 0 saturated heterocycles. The van der Waals surface area contributed by atoms with Crippen LogP contribution in [0.1, 0.15) is 12.6 Å². The zero-order valence-corrected chi connectivity index (χ0v) is 11.7. The number of hydrogen-bond donors (Lipinski definition) is 3. The van der Waals surface area contributed by atoms with Gasteiger partial charge >= 0.3 is 12.0 Å². The van der Waals surface area contributed by atoms with Gasteiger partial charge in [0.25, 0.3) is 0 Å². The molecule has 1 aromatic heterocycles. The molecule has 8 nitrogen and oxygen atoms in total. The van der Waals surface area contributed by atoms with Crippen LogP contribution in [0.2, 0.25) is 0 Å². The van der Waals surface area contributed by atoms with Gasteiger partial charge in [-0.3, -0.25) is 14.6 Å². The van der Waals surface area contributed by atoms with Gasteiger partial charge in [-0.2, -0.15) is 0 Å². The predicted octanol–water partition coefficient (Wildman–Crippen LogP) is -0.186. The van der Waals surface area contributed by atoms with Gasteiger partial charge in [-0.05, 0) is 19.1 Å². The molecule has 0 fully saturated rings. The monoisotopic (exact) mass is 294 g/mol. The third kappa shape index (κ3) is 6.37. The number of carboxylic acids is 1. The van der Waals surface area contributed by atoms with E-state index in [9.17, 15) is 14.4 Å². The lowest BCUT2D eigenvalue weighted by molar-refractivity contribution is -0.137. The van der Waals surface area contributed by atoms with Crippen molar-refractivity contribution in [2.24, 2.45) is 0 Å². The molecule has 0 saturated carbocycles. The van der Waals surface area contributed by atoms with Gasteiger partial charge in [0.05, 0.1) is 18.8 Å². The summed E-state index contributed by atoms with van der Waals surface area (Å²) in [6.07, 6.45) is 1.64. The number of rotatable bonds is 7. The van der Waals surface area contributed by atoms with E-state index < -0.39 is 24.5 Å². The Morgan fingerprint density at radius 2 is 2.00 bits per heavy atom. The predicted molar refractivity (Wildman–Crippen MR) is 74.4 cm³/mol. The number of urea groups is 1. The molecule has 1 rings (SSSR count). The van der Waals surface area contributed by atoms with E-state index in [4.69, 9.17) is 5.11 Å². The van der Waals surface area contributed by atoms with Gasteiger partial charge in [0, 0.05) is 12.7 Å². The minimum Gasteiger partial charge on any atom is -0.480 e. The van der Waals surface area contributed by atoms with E-state index >= 15 is 0 Å². The van der Waals surface area contributed by atoms with Crippen molar-refractivity contribution in [2.45, 2.75) is 13.5 Å². The fraction of sp³-hybridized carbons (Fsp3) is 0.385. The molecule has 1 aromatic rings. The number of aromatic nitrogens is 1. The average Bonchev–Trinajstić information content (AvgIpc) is 2.49. The van der Waals surface area contributed by atoms with E-state index in [2.05, 4.69) is 15.6 Å². The van der Waals surface area contributed by atoms with Crippen LogP contribution < -0.4 is 10.6 Å². The Bertz CT molecular complexity index is 492. The molecule has 0 spiro atoms. The van der Waals surface area contributed by atoms with Crippen molar-refractivity contribution >= 4 is 17.9 Å². The highest BCUT2D eigenvalue weighted by molar-refractivity contribution is 5.86. The van der Waals surface area contributed by atoms with Crippen LogP contribution in [0.3, 0.4) is 0 Å². The normalized spacial score (nSPS) is 9.76. The summed E-state index contributed by atoms with van der Waals surface area (Å²) in [5.74, 6) is -1.69. The first-order chi connectivity index (χ1) is 10.0. The molecular formula is C13H18N4O4. The Morgan fingerprint density at radius 3 is 2.57 bits per heavy atom. The van der Waals surface area contributed by atoms with Gasteiger partial charge in [-0.1, -0.05) is 6.07 Å². The number of carboxylic acid groups (broad SMARTS) is 1. The average molecular weight is 294 g/mol. The third-order valence-corrected chi connectivity index (χ3v) is 2.58. The second-order valence-electron chi connectivity index (χ2n) is 4.16. The molecule has 0 unspecified atom stereocenters. The molecule has 0 aliphatic carbocycles. The SMILES string of the molecule is CCN(Cc1ccccn1)C(=O)NCC(=O)NCC(=O)O. The summed E-state index contributed by atoms with van der Waals surface area (Å²) in [7, 11) is 0. The molecule has 3 N–H and O–H groups in total. The topological polar surface area (TPSA) is 112 Å². The fourth-order valence-corrected chi connectivity index (χ4v) is 1.52. The third-order valence-electron chi connectivity index (χ3n) is 2.58. The standard InChI is InChI=1S/C13H18N4O4/c1-2-17(9-10-5-3-4-6-14-10)13(21)16-7-11(18)15-8-12(19)20/h3-6H,2,7-9H2,1H3,(H,15,18)(H,16,21)(H,19,20). The van der Waals surface area contributed by atoms with Crippen molar-refractivity contribution < 1.29 is 19.5 Å². The van der Waals surface area contributed by atoms with Crippen LogP contribution in [-0.2, 0) is 16.1 Å². The van der Waals surface area contributed by atoms with Crippen molar-refractivity contribution in [3.05, 3.63) is 30.1 Å². The number of nitrogens with zero attached hydrogens (tertiary/aromatic N) is 2. The van der Waals surface area contributed by atoms with Gasteiger partial charge in [0.2, 0.25) is 5.91 Å². The van der Waals surface area contributed by atoms with Gasteiger partial charge in [-0.25, -0.2) is 4.79 Å². The van der Waals surface area contributed by atoms with E-state index in [-0.39, 0.29) is 6.54 Å². The highest BCUT2D eigenvalue weighted by atomic mass is 16.4. The first kappa shape index (κ1) is 16.4. The highest BCUT2D eigenvalue weighted by Gasteiger charge is 2.13. The molecule has 3 amide bonds. The summed E-state index contributed by atoms with van der Waals surface area (Å²) >= 11 is 0. The smallest absolute Gasteiger partial charge is 0.322 e.